The molecular weight excluding hydrogens is 590 g/mol. The van der Waals surface area contributed by atoms with E-state index >= 15 is 0 Å². The third-order valence-electron chi connectivity index (χ3n) is 7.96. The van der Waals surface area contributed by atoms with Crippen LogP contribution in [0.5, 0.6) is 5.75 Å². The Balaban J connectivity index is 2.29. The number of rotatable bonds is 13. The molecule has 0 aromatic heterocycles. The monoisotopic (exact) mass is 643 g/mol. The van der Waals surface area contributed by atoms with E-state index in [9.17, 15) is 14.4 Å². The first-order valence-electron chi connectivity index (χ1n) is 15.3. The first-order chi connectivity index (χ1) is 20.8. The Hall–Kier alpha value is -3.57. The number of nitrogens with one attached hydrogen (secondary N) is 2. The third-order valence-corrected chi connectivity index (χ3v) is 12.5. The van der Waals surface area contributed by atoms with Crippen molar-refractivity contribution in [1.29, 1.82) is 0 Å². The van der Waals surface area contributed by atoms with E-state index in [4.69, 9.17) is 18.6 Å². The molecule has 0 spiro atoms. The lowest BCUT2D eigenvalue weighted by molar-refractivity contribution is -0.126. The predicted octanol–water partition coefficient (Wildman–Crippen LogP) is 6.29. The zero-order valence-electron chi connectivity index (χ0n) is 28.9. The summed E-state index contributed by atoms with van der Waals surface area (Å²) in [5.74, 6) is 0.280. The van der Waals surface area contributed by atoms with Crippen LogP contribution in [-0.4, -0.2) is 75.8 Å². The summed E-state index contributed by atoms with van der Waals surface area (Å²) >= 11 is 0. The third kappa shape index (κ3) is 12.4. The summed E-state index contributed by atoms with van der Waals surface area (Å²) in [6.45, 7) is 18.1. The van der Waals surface area contributed by atoms with Gasteiger partial charge in [0.1, 0.15) is 24.0 Å². The van der Waals surface area contributed by atoms with Crippen molar-refractivity contribution < 1.29 is 33.0 Å². The minimum absolute atomic E-state index is 0.0533. The maximum absolute atomic E-state index is 13.9. The van der Waals surface area contributed by atoms with Crippen LogP contribution in [0.25, 0.3) is 0 Å². The maximum Gasteiger partial charge on any atom is 0.410 e. The lowest BCUT2D eigenvalue weighted by Gasteiger charge is -2.38. The quantitative estimate of drug-likeness (QED) is 0.246. The van der Waals surface area contributed by atoms with Gasteiger partial charge in [-0.2, -0.15) is 0 Å². The highest BCUT2D eigenvalue weighted by Crippen LogP contribution is 2.36. The molecule has 2 aromatic carbocycles. The Morgan fingerprint density at radius 1 is 0.889 bits per heavy atom. The van der Waals surface area contributed by atoms with Gasteiger partial charge in [0.15, 0.2) is 8.32 Å². The standard InChI is InChI=1S/C34H53N3O7Si/c1-24(28(36-31(39)44-33(2,3)4)23-43-45(10,11)34(5,6)7)35-30(38)29(21-25-17-19-27(41-9)20-18-25)37(8)32(40)42-22-26-15-13-12-14-16-26/h12-20,24,28-29H,21-23H2,1-11H3,(H,35,38)(H,36,39)/t24?,28?,29-/m0/s1. The fraction of sp³-hybridized carbons (Fsp3) is 0.559. The molecule has 0 bridgehead atoms. The number of benzene rings is 2. The van der Waals surface area contributed by atoms with E-state index in [1.807, 2.05) is 42.5 Å². The van der Waals surface area contributed by atoms with Gasteiger partial charge in [-0.25, -0.2) is 9.59 Å². The highest BCUT2D eigenvalue weighted by molar-refractivity contribution is 6.74. The molecule has 0 aliphatic carbocycles. The van der Waals surface area contributed by atoms with Crippen LogP contribution in [0.15, 0.2) is 54.6 Å². The molecule has 0 heterocycles. The summed E-state index contributed by atoms with van der Waals surface area (Å²) in [5.41, 5.74) is 0.964. The van der Waals surface area contributed by atoms with Gasteiger partial charge >= 0.3 is 12.2 Å². The second kappa shape index (κ2) is 16.1. The van der Waals surface area contributed by atoms with Gasteiger partial charge in [-0.1, -0.05) is 63.2 Å². The molecule has 0 aliphatic heterocycles. The lowest BCUT2D eigenvalue weighted by atomic mass is 10.0. The lowest BCUT2D eigenvalue weighted by Crippen LogP contribution is -2.58. The molecule has 2 N–H and O–H groups in total. The highest BCUT2D eigenvalue weighted by atomic mass is 28.4. The van der Waals surface area contributed by atoms with Gasteiger partial charge in [-0.05, 0) is 69.1 Å². The number of alkyl carbamates (subject to hydrolysis) is 1. The molecule has 0 saturated heterocycles. The topological polar surface area (TPSA) is 115 Å². The number of hydrogen-bond donors (Lipinski definition) is 2. The molecule has 0 radical (unpaired) electrons. The van der Waals surface area contributed by atoms with E-state index in [1.165, 1.54) is 4.90 Å². The van der Waals surface area contributed by atoms with Gasteiger partial charge in [0, 0.05) is 19.5 Å². The molecule has 2 rings (SSSR count). The minimum Gasteiger partial charge on any atom is -0.497 e. The number of ether oxygens (including phenoxy) is 3. The number of carbonyl (C=O) groups is 3. The molecule has 0 fully saturated rings. The van der Waals surface area contributed by atoms with Gasteiger partial charge in [-0.15, -0.1) is 0 Å². The molecule has 0 aliphatic rings. The van der Waals surface area contributed by atoms with Crippen LogP contribution in [0.4, 0.5) is 9.59 Å². The zero-order valence-corrected chi connectivity index (χ0v) is 29.9. The van der Waals surface area contributed by atoms with Crippen LogP contribution in [-0.2, 0) is 31.7 Å². The summed E-state index contributed by atoms with van der Waals surface area (Å²) in [4.78, 5) is 41.2. The van der Waals surface area contributed by atoms with E-state index in [0.29, 0.717) is 5.75 Å². The van der Waals surface area contributed by atoms with Crippen molar-refractivity contribution in [2.45, 2.75) is 103 Å². The zero-order chi connectivity index (χ0) is 34.0. The van der Waals surface area contributed by atoms with Crippen molar-refractivity contribution >= 4 is 26.4 Å². The van der Waals surface area contributed by atoms with Crippen molar-refractivity contribution in [2.75, 3.05) is 20.8 Å². The Morgan fingerprint density at radius 2 is 1.49 bits per heavy atom. The van der Waals surface area contributed by atoms with Crippen molar-refractivity contribution in [3.8, 4) is 5.75 Å². The number of hydrogen-bond acceptors (Lipinski definition) is 7. The first kappa shape index (κ1) is 37.6. The fourth-order valence-corrected chi connectivity index (χ4v) is 5.07. The Kier molecular flexibility index (Phi) is 13.5. The van der Waals surface area contributed by atoms with Crippen LogP contribution < -0.4 is 15.4 Å². The van der Waals surface area contributed by atoms with Gasteiger partial charge in [0.2, 0.25) is 5.91 Å². The number of amides is 3. The molecular formula is C34H53N3O7Si. The fourth-order valence-electron chi connectivity index (χ4n) is 4.04. The first-order valence-corrected chi connectivity index (χ1v) is 18.2. The number of methoxy groups -OCH3 is 1. The average molecular weight is 644 g/mol. The van der Waals surface area contributed by atoms with Crippen LogP contribution in [0.1, 0.15) is 59.6 Å². The second-order valence-corrected chi connectivity index (χ2v) is 18.6. The van der Waals surface area contributed by atoms with Crippen LogP contribution >= 0.6 is 0 Å². The number of carbonyl (C=O) groups excluding carboxylic acids is 3. The second-order valence-electron chi connectivity index (χ2n) is 13.8. The smallest absolute Gasteiger partial charge is 0.410 e. The molecule has 3 atom stereocenters. The summed E-state index contributed by atoms with van der Waals surface area (Å²) in [6.07, 6.45) is -1.02. The SMILES string of the molecule is COc1ccc(C[C@@H](C(=O)NC(C)C(CO[Si](C)(C)C(C)(C)C)NC(=O)OC(C)(C)C)N(C)C(=O)OCc2ccccc2)cc1. The predicted molar refractivity (Wildman–Crippen MR) is 179 cm³/mol. The molecule has 10 nitrogen and oxygen atoms in total. The van der Waals surface area contributed by atoms with Crippen molar-refractivity contribution in [3.63, 3.8) is 0 Å². The van der Waals surface area contributed by atoms with E-state index in [1.54, 1.807) is 54.0 Å². The largest absolute Gasteiger partial charge is 0.497 e. The van der Waals surface area contributed by atoms with E-state index in [2.05, 4.69) is 44.5 Å². The van der Waals surface area contributed by atoms with E-state index in [-0.39, 0.29) is 24.7 Å². The Labute approximate surface area is 270 Å². The highest BCUT2D eigenvalue weighted by Gasteiger charge is 2.39. The molecule has 45 heavy (non-hydrogen) atoms. The minimum atomic E-state index is -2.19. The Morgan fingerprint density at radius 3 is 2.02 bits per heavy atom. The molecule has 2 aromatic rings. The maximum atomic E-state index is 13.9. The van der Waals surface area contributed by atoms with E-state index < -0.39 is 50.1 Å². The molecule has 2 unspecified atom stereocenters. The van der Waals surface area contributed by atoms with E-state index in [0.717, 1.165) is 11.1 Å². The number of nitrogens with zero attached hydrogens (tertiary/aromatic N) is 1. The van der Waals surface area contributed by atoms with Crippen molar-refractivity contribution in [3.05, 3.63) is 65.7 Å². The average Bonchev–Trinajstić information content (AvgIpc) is 2.95. The van der Waals surface area contributed by atoms with Gasteiger partial charge in [-0.3, -0.25) is 9.69 Å². The van der Waals surface area contributed by atoms with Crippen molar-refractivity contribution in [2.24, 2.45) is 0 Å². The van der Waals surface area contributed by atoms with Gasteiger partial charge in [0.05, 0.1) is 19.8 Å². The molecule has 3 amide bonds. The summed E-state index contributed by atoms with van der Waals surface area (Å²) in [6, 6.07) is 14.6. The summed E-state index contributed by atoms with van der Waals surface area (Å²) in [5, 5.41) is 5.87. The molecule has 11 heteroatoms. The van der Waals surface area contributed by atoms with Gasteiger partial charge in [0.25, 0.3) is 0 Å². The van der Waals surface area contributed by atoms with Gasteiger partial charge < -0.3 is 29.3 Å². The molecule has 0 saturated carbocycles. The van der Waals surface area contributed by atoms with Crippen LogP contribution in [0, 0.1) is 0 Å². The van der Waals surface area contributed by atoms with Crippen LogP contribution in [0.3, 0.4) is 0 Å². The number of likely N-dealkylation sites (N-methyl/N-ethyl adjacent to an activating group) is 1. The Bertz CT molecular complexity index is 1240. The van der Waals surface area contributed by atoms with Crippen molar-refractivity contribution in [1.82, 2.24) is 15.5 Å². The van der Waals surface area contributed by atoms with Crippen LogP contribution in [0.2, 0.25) is 18.1 Å². The normalized spacial score (nSPS) is 14.0. The summed E-state index contributed by atoms with van der Waals surface area (Å²) < 4.78 is 22.8. The molecule has 250 valence electrons. The summed E-state index contributed by atoms with van der Waals surface area (Å²) in [7, 11) is 0.941.